The Hall–Kier alpha value is -0.710. The van der Waals surface area contributed by atoms with Gasteiger partial charge in [-0.3, -0.25) is 4.79 Å². The highest BCUT2D eigenvalue weighted by atomic mass is 19.3. The second kappa shape index (κ2) is 2.26. The maximum absolute atomic E-state index is 11.6. The number of alkyl halides is 2. The molecule has 0 radical (unpaired) electrons. The van der Waals surface area contributed by atoms with Crippen molar-refractivity contribution in [1.29, 1.82) is 0 Å². The minimum atomic E-state index is -3.03. The zero-order chi connectivity index (χ0) is 7.65. The summed E-state index contributed by atoms with van der Waals surface area (Å²) in [6.45, 7) is 0.764. The number of halogens is 2. The lowest BCUT2D eigenvalue weighted by molar-refractivity contribution is -0.148. The zero-order valence-corrected chi connectivity index (χ0v) is 4.77. The molecule has 0 aliphatic heterocycles. The third-order valence-corrected chi connectivity index (χ3v) is 0.914. The van der Waals surface area contributed by atoms with Crippen molar-refractivity contribution < 1.29 is 18.7 Å². The molecule has 0 aromatic rings. The van der Waals surface area contributed by atoms with Crippen LogP contribution in [0.2, 0.25) is 0 Å². The number of rotatable bonds is 2. The molecular weight excluding hydrogens is 132 g/mol. The molecule has 0 rings (SSSR count). The van der Waals surface area contributed by atoms with Gasteiger partial charge in [-0.15, -0.1) is 0 Å². The largest absolute Gasteiger partial charge is 0.480 e. The van der Waals surface area contributed by atoms with Crippen LogP contribution in [0.25, 0.3) is 0 Å². The van der Waals surface area contributed by atoms with Gasteiger partial charge in [0.2, 0.25) is 0 Å². The summed E-state index contributed by atoms with van der Waals surface area (Å²) in [6.07, 6.45) is -3.03. The first-order chi connectivity index (χ1) is 3.89. The maximum Gasteiger partial charge on any atom is 0.329 e. The third kappa shape index (κ3) is 1.60. The summed E-state index contributed by atoms with van der Waals surface area (Å²) in [7, 11) is 0. The van der Waals surface area contributed by atoms with Gasteiger partial charge in [0, 0.05) is 0 Å². The van der Waals surface area contributed by atoms with E-state index in [9.17, 15) is 13.6 Å². The minimum Gasteiger partial charge on any atom is -0.480 e. The Morgan fingerprint density at radius 1 is 1.78 bits per heavy atom. The Morgan fingerprint density at radius 2 is 2.11 bits per heavy atom. The number of carbonyl (C=O) groups is 1. The smallest absolute Gasteiger partial charge is 0.329 e. The van der Waals surface area contributed by atoms with E-state index >= 15 is 0 Å². The summed E-state index contributed by atoms with van der Waals surface area (Å²) in [5, 5.41) is 8.01. The Labute approximate surface area is 50.5 Å². The van der Waals surface area contributed by atoms with Gasteiger partial charge < -0.3 is 10.8 Å². The molecule has 54 valence electrons. The Kier molecular flexibility index (Phi) is 2.08. The molecule has 3 N–H and O–H groups in total. The highest BCUT2D eigenvalue weighted by Crippen LogP contribution is 2.10. The first-order valence-electron chi connectivity index (χ1n) is 2.19. The fourth-order valence-electron chi connectivity index (χ4n) is 0.0933. The highest BCUT2D eigenvalue weighted by Gasteiger charge is 2.38. The fourth-order valence-corrected chi connectivity index (χ4v) is 0.0933. The topological polar surface area (TPSA) is 63.3 Å². The van der Waals surface area contributed by atoms with Gasteiger partial charge in [0.15, 0.2) is 5.54 Å². The first-order valence-corrected chi connectivity index (χ1v) is 2.19. The number of carboxylic acids is 1. The molecule has 0 aliphatic carbocycles. The van der Waals surface area contributed by atoms with Crippen LogP contribution in [0.15, 0.2) is 0 Å². The summed E-state index contributed by atoms with van der Waals surface area (Å²) >= 11 is 0. The molecule has 0 unspecified atom stereocenters. The predicted molar refractivity (Wildman–Crippen MR) is 26.2 cm³/mol. The molecule has 5 heteroatoms. The molecule has 0 spiro atoms. The van der Waals surface area contributed by atoms with E-state index in [4.69, 9.17) is 5.11 Å². The van der Waals surface area contributed by atoms with Crippen LogP contribution in [-0.2, 0) is 4.79 Å². The lowest BCUT2D eigenvalue weighted by atomic mass is 10.1. The van der Waals surface area contributed by atoms with Crippen molar-refractivity contribution in [2.24, 2.45) is 5.73 Å². The second-order valence-corrected chi connectivity index (χ2v) is 1.89. The number of hydrogen-bond donors (Lipinski definition) is 2. The number of carboxylic acid groups (broad SMARTS) is 1. The monoisotopic (exact) mass is 139 g/mol. The first kappa shape index (κ1) is 8.29. The molecule has 0 heterocycles. The van der Waals surface area contributed by atoms with Gasteiger partial charge in [-0.05, 0) is 6.92 Å². The van der Waals surface area contributed by atoms with Crippen molar-refractivity contribution in [2.75, 3.05) is 0 Å². The molecule has 0 aromatic heterocycles. The summed E-state index contributed by atoms with van der Waals surface area (Å²) in [5.74, 6) is -1.70. The Morgan fingerprint density at radius 3 is 2.11 bits per heavy atom. The molecule has 0 bridgehead atoms. The van der Waals surface area contributed by atoms with E-state index in [1.54, 1.807) is 0 Å². The summed E-state index contributed by atoms with van der Waals surface area (Å²) in [6, 6.07) is 0. The van der Waals surface area contributed by atoms with E-state index in [1.807, 2.05) is 0 Å². The molecule has 9 heavy (non-hydrogen) atoms. The summed E-state index contributed by atoms with van der Waals surface area (Å²) in [4.78, 5) is 9.86. The summed E-state index contributed by atoms with van der Waals surface area (Å²) < 4.78 is 23.1. The highest BCUT2D eigenvalue weighted by molar-refractivity contribution is 5.78. The average Bonchev–Trinajstić information content (AvgIpc) is 1.65. The number of aliphatic carboxylic acids is 1. The maximum atomic E-state index is 11.6. The third-order valence-electron chi connectivity index (χ3n) is 0.914. The van der Waals surface area contributed by atoms with Crippen LogP contribution in [0.3, 0.4) is 0 Å². The van der Waals surface area contributed by atoms with Gasteiger partial charge in [-0.2, -0.15) is 0 Å². The van der Waals surface area contributed by atoms with Crippen molar-refractivity contribution >= 4 is 5.97 Å². The molecule has 0 amide bonds. The van der Waals surface area contributed by atoms with E-state index in [-0.39, 0.29) is 0 Å². The van der Waals surface area contributed by atoms with Crippen LogP contribution in [0.1, 0.15) is 6.92 Å². The van der Waals surface area contributed by atoms with Crippen LogP contribution in [-0.4, -0.2) is 23.0 Å². The van der Waals surface area contributed by atoms with E-state index in [0.717, 1.165) is 6.92 Å². The quantitative estimate of drug-likeness (QED) is 0.568. The average molecular weight is 139 g/mol. The van der Waals surface area contributed by atoms with Crippen molar-refractivity contribution in [3.8, 4) is 0 Å². The zero-order valence-electron chi connectivity index (χ0n) is 4.77. The standard InChI is InChI=1S/C4H7F2NO2/c1-4(7,2(5)6)3(8)9/h2H,7H2,1H3,(H,8,9)/t4-/m1/s1. The Bertz CT molecular complexity index is 124. The molecule has 3 nitrogen and oxygen atoms in total. The molecular formula is C4H7F2NO2. The molecule has 0 aromatic carbocycles. The predicted octanol–water partition coefficient (Wildman–Crippen LogP) is 0.0535. The van der Waals surface area contributed by atoms with Gasteiger partial charge in [0.1, 0.15) is 0 Å². The van der Waals surface area contributed by atoms with Gasteiger partial charge in [-0.25, -0.2) is 8.78 Å². The van der Waals surface area contributed by atoms with E-state index in [1.165, 1.54) is 0 Å². The van der Waals surface area contributed by atoms with Crippen molar-refractivity contribution in [2.45, 2.75) is 18.9 Å². The van der Waals surface area contributed by atoms with Gasteiger partial charge in [0.25, 0.3) is 6.43 Å². The fraction of sp³-hybridized carbons (Fsp3) is 0.750. The van der Waals surface area contributed by atoms with Gasteiger partial charge in [0.05, 0.1) is 0 Å². The van der Waals surface area contributed by atoms with Crippen molar-refractivity contribution in [3.63, 3.8) is 0 Å². The Balaban J connectivity index is 4.19. The molecule has 0 fully saturated rings. The molecule has 0 saturated heterocycles. The van der Waals surface area contributed by atoms with Gasteiger partial charge in [-0.1, -0.05) is 0 Å². The molecule has 1 atom stereocenters. The minimum absolute atomic E-state index is 0.764. The van der Waals surface area contributed by atoms with Crippen LogP contribution in [0, 0.1) is 0 Å². The number of hydrogen-bond acceptors (Lipinski definition) is 2. The van der Waals surface area contributed by atoms with E-state index < -0.39 is 17.9 Å². The SMILES string of the molecule is C[C@](N)(C(=O)O)C(F)F. The van der Waals surface area contributed by atoms with Crippen LogP contribution in [0.4, 0.5) is 8.78 Å². The van der Waals surface area contributed by atoms with Crippen LogP contribution in [0.5, 0.6) is 0 Å². The normalized spacial score (nSPS) is 17.4. The van der Waals surface area contributed by atoms with Crippen molar-refractivity contribution in [3.05, 3.63) is 0 Å². The summed E-state index contributed by atoms with van der Waals surface area (Å²) in [5.41, 5.74) is 2.24. The molecule has 0 aliphatic rings. The lowest BCUT2D eigenvalue weighted by Crippen LogP contribution is -2.51. The van der Waals surface area contributed by atoms with E-state index in [2.05, 4.69) is 5.73 Å². The van der Waals surface area contributed by atoms with Gasteiger partial charge >= 0.3 is 5.97 Å². The lowest BCUT2D eigenvalue weighted by Gasteiger charge is -2.16. The second-order valence-electron chi connectivity index (χ2n) is 1.89. The number of nitrogens with two attached hydrogens (primary N) is 1. The van der Waals surface area contributed by atoms with E-state index in [0.29, 0.717) is 0 Å². The van der Waals surface area contributed by atoms with Crippen LogP contribution >= 0.6 is 0 Å². The van der Waals surface area contributed by atoms with Crippen LogP contribution < -0.4 is 5.73 Å². The van der Waals surface area contributed by atoms with Crippen molar-refractivity contribution in [1.82, 2.24) is 0 Å². The molecule has 0 saturated carbocycles.